The van der Waals surface area contributed by atoms with Gasteiger partial charge in [0.2, 0.25) is 0 Å². The summed E-state index contributed by atoms with van der Waals surface area (Å²) in [5.41, 5.74) is 8.49. The molecule has 12 heavy (non-hydrogen) atoms. The number of nitrogens with one attached hydrogen (secondary N) is 1. The Bertz CT molecular complexity index is 248. The van der Waals surface area contributed by atoms with E-state index in [1.807, 2.05) is 13.8 Å². The molecule has 0 saturated carbocycles. The molecule has 68 valence electrons. The molecule has 4 N–H and O–H groups in total. The van der Waals surface area contributed by atoms with E-state index in [-0.39, 0.29) is 6.04 Å². The van der Waals surface area contributed by atoms with Gasteiger partial charge < -0.3 is 10.8 Å². The van der Waals surface area contributed by atoms with Crippen LogP contribution in [0.2, 0.25) is 0 Å². The Labute approximate surface area is 71.8 Å². The molecular weight excluding hydrogens is 154 g/mol. The van der Waals surface area contributed by atoms with Crippen LogP contribution in [0.5, 0.6) is 0 Å². The number of rotatable bonds is 2. The summed E-state index contributed by atoms with van der Waals surface area (Å²) in [5.74, 6) is 0. The van der Waals surface area contributed by atoms with Crippen molar-refractivity contribution < 1.29 is 5.11 Å². The third-order valence-corrected chi connectivity index (χ3v) is 2.04. The first kappa shape index (κ1) is 9.22. The number of aryl methyl sites for hydroxylation is 2. The summed E-state index contributed by atoms with van der Waals surface area (Å²) in [6, 6.07) is -0.344. The monoisotopic (exact) mass is 169 g/mol. The minimum Gasteiger partial charge on any atom is -0.391 e. The number of aromatic amines is 1. The van der Waals surface area contributed by atoms with Crippen molar-refractivity contribution in [3.63, 3.8) is 0 Å². The summed E-state index contributed by atoms with van der Waals surface area (Å²) in [5, 5.41) is 16.1. The average Bonchev–Trinajstić information content (AvgIpc) is 2.30. The van der Waals surface area contributed by atoms with Gasteiger partial charge in [0.25, 0.3) is 0 Å². The van der Waals surface area contributed by atoms with Crippen molar-refractivity contribution in [2.24, 2.45) is 5.73 Å². The highest BCUT2D eigenvalue weighted by atomic mass is 16.3. The van der Waals surface area contributed by atoms with Crippen molar-refractivity contribution in [1.29, 1.82) is 0 Å². The quantitative estimate of drug-likeness (QED) is 0.600. The minimum atomic E-state index is -0.542. The van der Waals surface area contributed by atoms with Gasteiger partial charge in [-0.15, -0.1) is 0 Å². The van der Waals surface area contributed by atoms with Gasteiger partial charge in [0.1, 0.15) is 0 Å². The van der Waals surface area contributed by atoms with Crippen molar-refractivity contribution in [2.45, 2.75) is 32.9 Å². The lowest BCUT2D eigenvalue weighted by Gasteiger charge is -2.14. The standard InChI is InChI=1S/C8H15N3O/c1-4-7(5(2)11-10-4)8(9)6(3)12/h6,8,12H,9H2,1-3H3,(H,10,11). The lowest BCUT2D eigenvalue weighted by molar-refractivity contribution is 0.163. The normalized spacial score (nSPS) is 16.1. The van der Waals surface area contributed by atoms with Crippen molar-refractivity contribution in [2.75, 3.05) is 0 Å². The lowest BCUT2D eigenvalue weighted by atomic mass is 10.0. The maximum Gasteiger partial charge on any atom is 0.0706 e. The second-order valence-electron chi connectivity index (χ2n) is 3.11. The van der Waals surface area contributed by atoms with E-state index >= 15 is 0 Å². The largest absolute Gasteiger partial charge is 0.391 e. The van der Waals surface area contributed by atoms with E-state index in [1.165, 1.54) is 0 Å². The SMILES string of the molecule is Cc1n[nH]c(C)c1C(N)C(C)O. The second-order valence-corrected chi connectivity index (χ2v) is 3.11. The number of aliphatic hydroxyl groups is 1. The Kier molecular flexibility index (Phi) is 2.49. The van der Waals surface area contributed by atoms with Crippen LogP contribution in [-0.2, 0) is 0 Å². The van der Waals surface area contributed by atoms with E-state index in [0.717, 1.165) is 17.0 Å². The molecule has 2 unspecified atom stereocenters. The van der Waals surface area contributed by atoms with Gasteiger partial charge in [0.15, 0.2) is 0 Å². The van der Waals surface area contributed by atoms with Crippen molar-refractivity contribution in [3.8, 4) is 0 Å². The molecule has 4 nitrogen and oxygen atoms in total. The van der Waals surface area contributed by atoms with Gasteiger partial charge in [-0.05, 0) is 20.8 Å². The molecule has 0 saturated heterocycles. The number of aromatic nitrogens is 2. The number of nitrogens with zero attached hydrogens (tertiary/aromatic N) is 1. The van der Waals surface area contributed by atoms with Crippen molar-refractivity contribution in [3.05, 3.63) is 17.0 Å². The highest BCUT2D eigenvalue weighted by Gasteiger charge is 2.18. The first-order valence-electron chi connectivity index (χ1n) is 3.99. The van der Waals surface area contributed by atoms with E-state index in [0.29, 0.717) is 0 Å². The molecule has 0 aromatic carbocycles. The summed E-state index contributed by atoms with van der Waals surface area (Å²) < 4.78 is 0. The fraction of sp³-hybridized carbons (Fsp3) is 0.625. The first-order chi connectivity index (χ1) is 5.54. The molecule has 2 atom stereocenters. The minimum absolute atomic E-state index is 0.344. The van der Waals surface area contributed by atoms with Gasteiger partial charge in [0, 0.05) is 11.3 Å². The highest BCUT2D eigenvalue weighted by molar-refractivity contribution is 5.27. The van der Waals surface area contributed by atoms with Crippen LogP contribution in [0.25, 0.3) is 0 Å². The molecule has 1 aromatic heterocycles. The van der Waals surface area contributed by atoms with E-state index in [1.54, 1.807) is 6.92 Å². The molecule has 1 heterocycles. The molecule has 0 bridgehead atoms. The average molecular weight is 169 g/mol. The fourth-order valence-corrected chi connectivity index (χ4v) is 1.29. The maximum absolute atomic E-state index is 9.27. The summed E-state index contributed by atoms with van der Waals surface area (Å²) >= 11 is 0. The Hall–Kier alpha value is -0.870. The molecule has 0 fully saturated rings. The van der Waals surface area contributed by atoms with Crippen LogP contribution < -0.4 is 5.73 Å². The summed E-state index contributed by atoms with van der Waals surface area (Å²) in [4.78, 5) is 0. The number of hydrogen-bond acceptors (Lipinski definition) is 3. The predicted octanol–water partition coefficient (Wildman–Crippen LogP) is 0.407. The predicted molar refractivity (Wildman–Crippen MR) is 46.7 cm³/mol. The number of H-pyrrole nitrogens is 1. The van der Waals surface area contributed by atoms with Gasteiger partial charge >= 0.3 is 0 Å². The molecule has 4 heteroatoms. The Balaban J connectivity index is 3.00. The molecule has 0 aliphatic heterocycles. The summed E-state index contributed by atoms with van der Waals surface area (Å²) in [6.07, 6.45) is -0.542. The molecule has 1 aromatic rings. The summed E-state index contributed by atoms with van der Waals surface area (Å²) in [7, 11) is 0. The third kappa shape index (κ3) is 1.49. The van der Waals surface area contributed by atoms with Gasteiger partial charge in [-0.1, -0.05) is 0 Å². The van der Waals surface area contributed by atoms with Crippen molar-refractivity contribution >= 4 is 0 Å². The Morgan fingerprint density at radius 2 is 2.08 bits per heavy atom. The Morgan fingerprint density at radius 3 is 2.42 bits per heavy atom. The summed E-state index contributed by atoms with van der Waals surface area (Å²) in [6.45, 7) is 5.45. The van der Waals surface area contributed by atoms with Crippen LogP contribution in [0.15, 0.2) is 0 Å². The van der Waals surface area contributed by atoms with Crippen LogP contribution in [0.1, 0.15) is 29.9 Å². The molecule has 0 aliphatic rings. The van der Waals surface area contributed by atoms with Crippen LogP contribution in [0.4, 0.5) is 0 Å². The van der Waals surface area contributed by atoms with Gasteiger partial charge in [-0.25, -0.2) is 0 Å². The second kappa shape index (κ2) is 3.25. The number of nitrogens with two attached hydrogens (primary N) is 1. The van der Waals surface area contributed by atoms with E-state index in [9.17, 15) is 5.11 Å². The van der Waals surface area contributed by atoms with E-state index in [2.05, 4.69) is 10.2 Å². The zero-order valence-electron chi connectivity index (χ0n) is 7.63. The van der Waals surface area contributed by atoms with Crippen LogP contribution >= 0.6 is 0 Å². The van der Waals surface area contributed by atoms with Crippen LogP contribution in [-0.4, -0.2) is 21.4 Å². The Morgan fingerprint density at radius 1 is 1.50 bits per heavy atom. The van der Waals surface area contributed by atoms with E-state index in [4.69, 9.17) is 5.73 Å². The van der Waals surface area contributed by atoms with E-state index < -0.39 is 6.10 Å². The van der Waals surface area contributed by atoms with Gasteiger partial charge in [-0.2, -0.15) is 5.10 Å². The molecule has 1 rings (SSSR count). The molecule has 0 spiro atoms. The number of aliphatic hydroxyl groups excluding tert-OH is 1. The van der Waals surface area contributed by atoms with Crippen molar-refractivity contribution in [1.82, 2.24) is 10.2 Å². The fourth-order valence-electron chi connectivity index (χ4n) is 1.29. The molecule has 0 radical (unpaired) electrons. The molecule has 0 amide bonds. The van der Waals surface area contributed by atoms with Crippen LogP contribution in [0.3, 0.4) is 0 Å². The molecule has 0 aliphatic carbocycles. The smallest absolute Gasteiger partial charge is 0.0706 e. The maximum atomic E-state index is 9.27. The molecular formula is C8H15N3O. The zero-order valence-corrected chi connectivity index (χ0v) is 7.63. The van der Waals surface area contributed by atoms with Gasteiger partial charge in [0.05, 0.1) is 17.8 Å². The third-order valence-electron chi connectivity index (χ3n) is 2.04. The zero-order chi connectivity index (χ0) is 9.30. The van der Waals surface area contributed by atoms with Crippen LogP contribution in [0, 0.1) is 13.8 Å². The lowest BCUT2D eigenvalue weighted by Crippen LogP contribution is -2.24. The number of hydrogen-bond donors (Lipinski definition) is 3. The highest BCUT2D eigenvalue weighted by Crippen LogP contribution is 2.19. The first-order valence-corrected chi connectivity index (χ1v) is 3.99. The van der Waals surface area contributed by atoms with Gasteiger partial charge in [-0.3, -0.25) is 5.10 Å². The topological polar surface area (TPSA) is 74.9 Å².